The van der Waals surface area contributed by atoms with E-state index in [0.717, 1.165) is 12.0 Å². The number of rotatable bonds is 3. The molecule has 1 aliphatic heterocycles. The van der Waals surface area contributed by atoms with Crippen LogP contribution >= 0.6 is 0 Å². The van der Waals surface area contributed by atoms with E-state index < -0.39 is 6.04 Å². The Morgan fingerprint density at radius 2 is 1.89 bits per heavy atom. The van der Waals surface area contributed by atoms with E-state index in [1.54, 1.807) is 11.9 Å². The monoisotopic (exact) mass is 260 g/mol. The number of likely N-dealkylation sites (N-methyl/N-ethyl adjacent to an activating group) is 1. The molecule has 1 fully saturated rings. The Bertz CT molecular complexity index is 472. The van der Waals surface area contributed by atoms with Crippen LogP contribution < -0.4 is 5.32 Å². The SMILES string of the molecule is CC[C@H](C)[C@H]1C(=O)N[C@@H](c2ccccc2)C(=O)N1C. The fourth-order valence-corrected chi connectivity index (χ4v) is 2.54. The molecule has 4 nitrogen and oxygen atoms in total. The Labute approximate surface area is 113 Å². The van der Waals surface area contributed by atoms with Gasteiger partial charge in [0.05, 0.1) is 0 Å². The number of hydrogen-bond acceptors (Lipinski definition) is 2. The fraction of sp³-hybridized carbons (Fsp3) is 0.467. The third-order valence-corrected chi connectivity index (χ3v) is 3.88. The zero-order valence-corrected chi connectivity index (χ0v) is 11.6. The number of hydrogen-bond donors (Lipinski definition) is 1. The van der Waals surface area contributed by atoms with Crippen LogP contribution in [0.3, 0.4) is 0 Å². The van der Waals surface area contributed by atoms with E-state index in [1.165, 1.54) is 0 Å². The summed E-state index contributed by atoms with van der Waals surface area (Å²) >= 11 is 0. The van der Waals surface area contributed by atoms with Crippen molar-refractivity contribution in [1.29, 1.82) is 0 Å². The van der Waals surface area contributed by atoms with Crippen LogP contribution in [0.1, 0.15) is 31.9 Å². The predicted molar refractivity (Wildman–Crippen MR) is 73.3 cm³/mol. The van der Waals surface area contributed by atoms with Gasteiger partial charge in [-0.25, -0.2) is 0 Å². The maximum absolute atomic E-state index is 12.4. The summed E-state index contributed by atoms with van der Waals surface area (Å²) < 4.78 is 0. The van der Waals surface area contributed by atoms with Crippen LogP contribution in [0.15, 0.2) is 30.3 Å². The lowest BCUT2D eigenvalue weighted by molar-refractivity contribution is -0.149. The van der Waals surface area contributed by atoms with Crippen molar-refractivity contribution in [3.8, 4) is 0 Å². The van der Waals surface area contributed by atoms with Gasteiger partial charge in [-0.05, 0) is 11.5 Å². The lowest BCUT2D eigenvalue weighted by Gasteiger charge is -2.39. The third-order valence-electron chi connectivity index (χ3n) is 3.88. The van der Waals surface area contributed by atoms with Crippen molar-refractivity contribution in [2.75, 3.05) is 7.05 Å². The molecule has 1 heterocycles. The summed E-state index contributed by atoms with van der Waals surface area (Å²) in [6, 6.07) is 8.44. The molecule has 1 N–H and O–H groups in total. The highest BCUT2D eigenvalue weighted by molar-refractivity contribution is 5.97. The second-order valence-corrected chi connectivity index (χ2v) is 5.13. The first kappa shape index (κ1) is 13.6. The number of amides is 2. The van der Waals surface area contributed by atoms with E-state index in [-0.39, 0.29) is 23.8 Å². The molecule has 2 rings (SSSR count). The van der Waals surface area contributed by atoms with Gasteiger partial charge in [-0.15, -0.1) is 0 Å². The van der Waals surface area contributed by atoms with Crippen molar-refractivity contribution in [3.63, 3.8) is 0 Å². The topological polar surface area (TPSA) is 49.4 Å². The van der Waals surface area contributed by atoms with Gasteiger partial charge in [0.15, 0.2) is 0 Å². The number of nitrogens with one attached hydrogen (secondary N) is 1. The van der Waals surface area contributed by atoms with Crippen molar-refractivity contribution in [2.45, 2.75) is 32.4 Å². The van der Waals surface area contributed by atoms with Gasteiger partial charge in [-0.3, -0.25) is 9.59 Å². The zero-order chi connectivity index (χ0) is 14.0. The molecule has 3 atom stereocenters. The van der Waals surface area contributed by atoms with E-state index in [9.17, 15) is 9.59 Å². The van der Waals surface area contributed by atoms with Crippen LogP contribution in [0.5, 0.6) is 0 Å². The molecule has 1 saturated heterocycles. The van der Waals surface area contributed by atoms with Crippen molar-refractivity contribution >= 4 is 11.8 Å². The van der Waals surface area contributed by atoms with Crippen LogP contribution in [0, 0.1) is 5.92 Å². The molecule has 19 heavy (non-hydrogen) atoms. The second-order valence-electron chi connectivity index (χ2n) is 5.13. The largest absolute Gasteiger partial charge is 0.339 e. The maximum Gasteiger partial charge on any atom is 0.250 e. The molecule has 1 aliphatic rings. The van der Waals surface area contributed by atoms with Crippen molar-refractivity contribution < 1.29 is 9.59 Å². The van der Waals surface area contributed by atoms with Crippen LogP contribution in [-0.4, -0.2) is 29.8 Å². The molecule has 0 spiro atoms. The van der Waals surface area contributed by atoms with Crippen molar-refractivity contribution in [3.05, 3.63) is 35.9 Å². The van der Waals surface area contributed by atoms with Gasteiger partial charge >= 0.3 is 0 Å². The van der Waals surface area contributed by atoms with Gasteiger partial charge in [0.2, 0.25) is 11.8 Å². The summed E-state index contributed by atoms with van der Waals surface area (Å²) in [6.07, 6.45) is 0.867. The predicted octanol–water partition coefficient (Wildman–Crippen LogP) is 1.73. The smallest absolute Gasteiger partial charge is 0.250 e. The fourth-order valence-electron chi connectivity index (χ4n) is 2.54. The minimum absolute atomic E-state index is 0.0453. The number of carbonyl (C=O) groups excluding carboxylic acids is 2. The van der Waals surface area contributed by atoms with Crippen LogP contribution in [0.4, 0.5) is 0 Å². The first-order valence-corrected chi connectivity index (χ1v) is 6.68. The molecule has 4 heteroatoms. The molecule has 0 bridgehead atoms. The molecule has 1 aromatic rings. The average Bonchev–Trinajstić information content (AvgIpc) is 2.43. The standard InChI is InChI=1S/C15H20N2O2/c1-4-10(2)13-14(18)16-12(15(19)17(13)3)11-8-6-5-7-9-11/h5-10,12-13H,4H2,1-3H3,(H,16,18)/t10-,12-,13-/m0/s1. The number of piperazine rings is 1. The van der Waals surface area contributed by atoms with Gasteiger partial charge < -0.3 is 10.2 Å². The minimum atomic E-state index is -0.556. The Morgan fingerprint density at radius 3 is 2.47 bits per heavy atom. The van der Waals surface area contributed by atoms with E-state index in [0.29, 0.717) is 0 Å². The van der Waals surface area contributed by atoms with Gasteiger partial charge in [0.25, 0.3) is 0 Å². The molecule has 2 amide bonds. The van der Waals surface area contributed by atoms with Gasteiger partial charge in [-0.1, -0.05) is 50.6 Å². The lowest BCUT2D eigenvalue weighted by atomic mass is 9.92. The van der Waals surface area contributed by atoms with Crippen LogP contribution in [0.25, 0.3) is 0 Å². The summed E-state index contributed by atoms with van der Waals surface area (Å²) in [5, 5.41) is 2.85. The molecule has 0 aromatic heterocycles. The summed E-state index contributed by atoms with van der Waals surface area (Å²) in [5.41, 5.74) is 0.829. The van der Waals surface area contributed by atoms with Gasteiger partial charge in [-0.2, -0.15) is 0 Å². The Kier molecular flexibility index (Phi) is 3.88. The number of benzene rings is 1. The maximum atomic E-state index is 12.4. The third kappa shape index (κ3) is 2.48. The highest BCUT2D eigenvalue weighted by atomic mass is 16.2. The highest BCUT2D eigenvalue weighted by Crippen LogP contribution is 2.25. The molecular weight excluding hydrogens is 240 g/mol. The number of nitrogens with zero attached hydrogens (tertiary/aromatic N) is 1. The second kappa shape index (κ2) is 5.43. The normalized spacial score (nSPS) is 25.1. The first-order valence-electron chi connectivity index (χ1n) is 6.68. The molecule has 0 unspecified atom stereocenters. The van der Waals surface area contributed by atoms with Gasteiger partial charge in [0.1, 0.15) is 12.1 Å². The van der Waals surface area contributed by atoms with Gasteiger partial charge in [0, 0.05) is 7.05 Å². The van der Waals surface area contributed by atoms with Crippen LogP contribution in [0.2, 0.25) is 0 Å². The van der Waals surface area contributed by atoms with E-state index in [4.69, 9.17) is 0 Å². The summed E-state index contributed by atoms with van der Waals surface area (Å²) in [5.74, 6) is 0.0482. The minimum Gasteiger partial charge on any atom is -0.339 e. The Balaban J connectivity index is 2.26. The molecule has 0 radical (unpaired) electrons. The van der Waals surface area contributed by atoms with Crippen molar-refractivity contribution in [1.82, 2.24) is 10.2 Å². The lowest BCUT2D eigenvalue weighted by Crippen LogP contribution is -2.60. The Hall–Kier alpha value is -1.84. The average molecular weight is 260 g/mol. The van der Waals surface area contributed by atoms with Crippen molar-refractivity contribution in [2.24, 2.45) is 5.92 Å². The molecule has 102 valence electrons. The highest BCUT2D eigenvalue weighted by Gasteiger charge is 2.41. The van der Waals surface area contributed by atoms with E-state index >= 15 is 0 Å². The Morgan fingerprint density at radius 1 is 1.26 bits per heavy atom. The molecule has 0 aliphatic carbocycles. The van der Waals surface area contributed by atoms with Crippen LogP contribution in [-0.2, 0) is 9.59 Å². The molecular formula is C15H20N2O2. The van der Waals surface area contributed by atoms with E-state index in [1.807, 2.05) is 44.2 Å². The molecule has 0 saturated carbocycles. The number of carbonyl (C=O) groups is 2. The summed E-state index contributed by atoms with van der Waals surface area (Å²) in [6.45, 7) is 4.02. The molecule has 1 aromatic carbocycles. The summed E-state index contributed by atoms with van der Waals surface area (Å²) in [7, 11) is 1.72. The first-order chi connectivity index (χ1) is 9.06. The van der Waals surface area contributed by atoms with E-state index in [2.05, 4.69) is 5.32 Å². The quantitative estimate of drug-likeness (QED) is 0.899. The zero-order valence-electron chi connectivity index (χ0n) is 11.6. The summed E-state index contributed by atoms with van der Waals surface area (Å²) in [4.78, 5) is 26.2.